The minimum absolute atomic E-state index is 0.0340. The number of ether oxygens (including phenoxy) is 2. The van der Waals surface area contributed by atoms with Crippen molar-refractivity contribution in [3.05, 3.63) is 29.3 Å². The van der Waals surface area contributed by atoms with Crippen molar-refractivity contribution < 1.29 is 19.1 Å². The molecule has 0 unspecified atom stereocenters. The van der Waals surface area contributed by atoms with E-state index in [0.717, 1.165) is 11.3 Å². The van der Waals surface area contributed by atoms with Gasteiger partial charge >= 0.3 is 5.97 Å². The Hall–Kier alpha value is -2.04. The van der Waals surface area contributed by atoms with Crippen LogP contribution in [0.3, 0.4) is 0 Å². The van der Waals surface area contributed by atoms with E-state index in [9.17, 15) is 9.59 Å². The van der Waals surface area contributed by atoms with Crippen LogP contribution in [0.5, 0.6) is 5.75 Å². The molecule has 1 aliphatic rings. The van der Waals surface area contributed by atoms with Gasteiger partial charge in [0, 0.05) is 13.1 Å². The van der Waals surface area contributed by atoms with Crippen molar-refractivity contribution in [2.45, 2.75) is 39.7 Å². The van der Waals surface area contributed by atoms with Crippen LogP contribution in [0.2, 0.25) is 0 Å². The highest BCUT2D eigenvalue weighted by atomic mass is 16.5. The molecule has 1 heterocycles. The van der Waals surface area contributed by atoms with Crippen LogP contribution < -0.4 is 4.74 Å². The number of aryl methyl sites for hydroxylation is 2. The molecule has 5 heteroatoms. The van der Waals surface area contributed by atoms with Crippen LogP contribution in [0.1, 0.15) is 30.9 Å². The maximum atomic E-state index is 12.5. The van der Waals surface area contributed by atoms with Gasteiger partial charge in [-0.1, -0.05) is 17.7 Å². The Balaban J connectivity index is 1.92. The molecule has 0 aliphatic carbocycles. The summed E-state index contributed by atoms with van der Waals surface area (Å²) in [6.07, 6.45) is 0.759. The Morgan fingerprint density at radius 3 is 2.43 bits per heavy atom. The molecule has 1 aromatic carbocycles. The van der Waals surface area contributed by atoms with Crippen molar-refractivity contribution in [2.75, 3.05) is 20.2 Å². The molecule has 2 rings (SSSR count). The highest BCUT2D eigenvalue weighted by Crippen LogP contribution is 2.22. The molecule has 0 spiro atoms. The van der Waals surface area contributed by atoms with Crippen LogP contribution in [0, 0.1) is 19.8 Å². The lowest BCUT2D eigenvalue weighted by atomic mass is 9.97. The summed E-state index contributed by atoms with van der Waals surface area (Å²) in [6, 6.07) is 5.91. The van der Waals surface area contributed by atoms with Crippen LogP contribution in [-0.2, 0) is 14.3 Å². The molecule has 0 N–H and O–H groups in total. The van der Waals surface area contributed by atoms with Crippen molar-refractivity contribution in [2.24, 2.45) is 5.92 Å². The van der Waals surface area contributed by atoms with E-state index in [2.05, 4.69) is 0 Å². The fraction of sp³-hybridized carbons (Fsp3) is 0.556. The van der Waals surface area contributed by atoms with Gasteiger partial charge in [-0.3, -0.25) is 9.59 Å². The van der Waals surface area contributed by atoms with Gasteiger partial charge in [0.25, 0.3) is 5.91 Å². The number of likely N-dealkylation sites (tertiary alicyclic amines) is 1. The molecule has 1 aromatic rings. The SMILES string of the molecule is COC(=O)C1CCN(C(=O)[C@@H](C)Oc2ccc(C)cc2C)CC1. The third kappa shape index (κ3) is 4.24. The van der Waals surface area contributed by atoms with E-state index in [-0.39, 0.29) is 17.8 Å². The van der Waals surface area contributed by atoms with Crippen molar-refractivity contribution in [3.8, 4) is 5.75 Å². The lowest BCUT2D eigenvalue weighted by Gasteiger charge is -2.32. The number of nitrogens with zero attached hydrogens (tertiary/aromatic N) is 1. The van der Waals surface area contributed by atoms with Crippen molar-refractivity contribution in [1.82, 2.24) is 4.90 Å². The minimum atomic E-state index is -0.536. The highest BCUT2D eigenvalue weighted by molar-refractivity contribution is 5.81. The first kappa shape index (κ1) is 17.3. The van der Waals surface area contributed by atoms with Gasteiger partial charge in [-0.05, 0) is 45.2 Å². The number of hydrogen-bond acceptors (Lipinski definition) is 4. The van der Waals surface area contributed by atoms with Gasteiger partial charge in [0.1, 0.15) is 5.75 Å². The van der Waals surface area contributed by atoms with Crippen molar-refractivity contribution >= 4 is 11.9 Å². The number of piperidine rings is 1. The largest absolute Gasteiger partial charge is 0.481 e. The monoisotopic (exact) mass is 319 g/mol. The van der Waals surface area contributed by atoms with Gasteiger partial charge in [-0.2, -0.15) is 0 Å². The molecule has 0 bridgehead atoms. The van der Waals surface area contributed by atoms with E-state index in [1.807, 2.05) is 32.0 Å². The Morgan fingerprint density at radius 1 is 1.22 bits per heavy atom. The molecule has 1 saturated heterocycles. The van der Waals surface area contributed by atoms with Crippen molar-refractivity contribution in [3.63, 3.8) is 0 Å². The molecule has 0 aromatic heterocycles. The summed E-state index contributed by atoms with van der Waals surface area (Å²) in [5.41, 5.74) is 2.19. The topological polar surface area (TPSA) is 55.8 Å². The van der Waals surface area contributed by atoms with Crippen LogP contribution >= 0.6 is 0 Å². The van der Waals surface area contributed by atoms with Crippen LogP contribution in [-0.4, -0.2) is 43.1 Å². The Kier molecular flexibility index (Phi) is 5.64. The zero-order chi connectivity index (χ0) is 17.0. The molecule has 0 radical (unpaired) electrons. The first-order valence-electron chi connectivity index (χ1n) is 8.03. The lowest BCUT2D eigenvalue weighted by molar-refractivity contribution is -0.150. The first-order valence-corrected chi connectivity index (χ1v) is 8.03. The van der Waals surface area contributed by atoms with E-state index >= 15 is 0 Å². The second-order valence-corrected chi connectivity index (χ2v) is 6.15. The van der Waals surface area contributed by atoms with Gasteiger partial charge in [-0.25, -0.2) is 0 Å². The second-order valence-electron chi connectivity index (χ2n) is 6.15. The van der Waals surface area contributed by atoms with E-state index < -0.39 is 6.10 Å². The quantitative estimate of drug-likeness (QED) is 0.800. The minimum Gasteiger partial charge on any atom is -0.481 e. The lowest BCUT2D eigenvalue weighted by Crippen LogP contribution is -2.45. The average molecular weight is 319 g/mol. The zero-order valence-corrected chi connectivity index (χ0v) is 14.3. The number of amides is 1. The summed E-state index contributed by atoms with van der Waals surface area (Å²) in [7, 11) is 1.40. The van der Waals surface area contributed by atoms with E-state index in [1.165, 1.54) is 12.7 Å². The van der Waals surface area contributed by atoms with E-state index in [4.69, 9.17) is 9.47 Å². The predicted molar refractivity (Wildman–Crippen MR) is 87.3 cm³/mol. The zero-order valence-electron chi connectivity index (χ0n) is 14.3. The van der Waals surface area contributed by atoms with Crippen LogP contribution in [0.15, 0.2) is 18.2 Å². The Labute approximate surface area is 137 Å². The van der Waals surface area contributed by atoms with Gasteiger partial charge < -0.3 is 14.4 Å². The normalized spacial score (nSPS) is 16.8. The number of methoxy groups -OCH3 is 1. The molecule has 0 saturated carbocycles. The van der Waals surface area contributed by atoms with Gasteiger partial charge in [0.2, 0.25) is 0 Å². The summed E-state index contributed by atoms with van der Waals surface area (Å²) in [5.74, 6) is 0.422. The molecule has 1 fully saturated rings. The molecular weight excluding hydrogens is 294 g/mol. The summed E-state index contributed by atoms with van der Waals surface area (Å²) >= 11 is 0. The van der Waals surface area contributed by atoms with Crippen LogP contribution in [0.25, 0.3) is 0 Å². The number of carbonyl (C=O) groups is 2. The molecule has 1 amide bonds. The molecule has 23 heavy (non-hydrogen) atoms. The summed E-state index contributed by atoms with van der Waals surface area (Å²) in [4.78, 5) is 25.8. The molecule has 1 atom stereocenters. The van der Waals surface area contributed by atoms with Crippen molar-refractivity contribution in [1.29, 1.82) is 0 Å². The number of carbonyl (C=O) groups excluding carboxylic acids is 2. The average Bonchev–Trinajstić information content (AvgIpc) is 2.56. The maximum absolute atomic E-state index is 12.5. The highest BCUT2D eigenvalue weighted by Gasteiger charge is 2.30. The number of rotatable bonds is 4. The molecular formula is C18H25NO4. The summed E-state index contributed by atoms with van der Waals surface area (Å²) in [6.45, 7) is 6.91. The molecule has 5 nitrogen and oxygen atoms in total. The van der Waals surface area contributed by atoms with E-state index in [0.29, 0.717) is 25.9 Å². The summed E-state index contributed by atoms with van der Waals surface area (Å²) in [5, 5.41) is 0. The fourth-order valence-electron chi connectivity index (χ4n) is 2.93. The van der Waals surface area contributed by atoms with Gasteiger partial charge in [0.05, 0.1) is 13.0 Å². The number of esters is 1. The molecule has 1 aliphatic heterocycles. The third-order valence-electron chi connectivity index (χ3n) is 4.32. The Morgan fingerprint density at radius 2 is 1.87 bits per heavy atom. The standard InChI is InChI=1S/C18H25NO4/c1-12-5-6-16(13(2)11-12)23-14(3)17(20)19-9-7-15(8-10-19)18(21)22-4/h5-6,11,14-15H,7-10H2,1-4H3/t14-/m1/s1. The molecule has 126 valence electrons. The predicted octanol–water partition coefficient (Wildman–Crippen LogP) is 2.48. The second kappa shape index (κ2) is 7.49. The van der Waals surface area contributed by atoms with Gasteiger partial charge in [0.15, 0.2) is 6.10 Å². The number of hydrogen-bond donors (Lipinski definition) is 0. The smallest absolute Gasteiger partial charge is 0.308 e. The summed E-state index contributed by atoms with van der Waals surface area (Å²) < 4.78 is 10.6. The number of benzene rings is 1. The van der Waals surface area contributed by atoms with Crippen LogP contribution in [0.4, 0.5) is 0 Å². The maximum Gasteiger partial charge on any atom is 0.308 e. The van der Waals surface area contributed by atoms with E-state index in [1.54, 1.807) is 11.8 Å². The third-order valence-corrected chi connectivity index (χ3v) is 4.32. The van der Waals surface area contributed by atoms with Gasteiger partial charge in [-0.15, -0.1) is 0 Å². The fourth-order valence-corrected chi connectivity index (χ4v) is 2.93. The first-order chi connectivity index (χ1) is 10.9. The Bertz CT molecular complexity index is 576.